The Morgan fingerprint density at radius 1 is 0.337 bits per heavy atom. The molecule has 12 aromatic carbocycles. The second-order valence-electron chi connectivity index (χ2n) is 28.7. The molecule has 12 aromatic rings. The minimum Gasteiger partial charge on any atom is -0.311 e. The SMILES string of the molecule is CCCCc1ccc(N(c2ccc(I)cc2)c2cc3c4c(c2)N(c2ccc(I)cc2)c2cc5c(cc2B4c2cc(C)ccc2S3)B2c3cc(CCCC)ccc3N(c3ccc(CCCC)cc3)c3cc(N(c4ccc(I)cc4)c4ccc(C(C)(C)C)cc4)cc(c32)N5c2ccc(I)cc2)cc1. The fourth-order valence-corrected chi connectivity index (χ4v) is 18.4. The Bertz CT molecular complexity index is 5100. The van der Waals surface area contributed by atoms with Crippen molar-refractivity contribution in [3.05, 3.63) is 285 Å². The molecule has 0 radical (unpaired) electrons. The first-order valence-corrected chi connectivity index (χ1v) is 41.0. The standard InChI is InChI=1S/C89H79B2I4N5S/c1-8-11-14-58-18-33-66(34-19-58)97(69-41-27-63(93)28-42-69)74-53-84-88-86(54-74)101-85-48-17-57(4)49-78(85)91(88)77-55-76-80(56-81(77)100(84)72-45-31-65(95)32-46-72)99(71-43-29-64(94)30-44-71)83-52-73(96(68-39-25-62(92)26-40-68)67-37-23-61(24-38-67)89(5,6)7)51-82-87(83)90(76)75-50-60(16-13-10-3)22-47-79(75)98(82)70-35-20-59(21-36-70)15-12-9-2/h17-56H,8-16H2,1-7H3. The van der Waals surface area contributed by atoms with E-state index in [4.69, 9.17) is 0 Å². The quantitative estimate of drug-likeness (QED) is 0.0624. The first-order valence-electron chi connectivity index (χ1n) is 35.9. The molecule has 101 heavy (non-hydrogen) atoms. The van der Waals surface area contributed by atoms with E-state index >= 15 is 0 Å². The first kappa shape index (κ1) is 68.5. The van der Waals surface area contributed by atoms with Crippen molar-refractivity contribution in [2.24, 2.45) is 0 Å². The predicted octanol–water partition coefficient (Wildman–Crippen LogP) is 23.5. The van der Waals surface area contributed by atoms with Gasteiger partial charge in [0.15, 0.2) is 0 Å². The molecule has 4 aliphatic rings. The third-order valence-corrected chi connectivity index (χ3v) is 24.9. The van der Waals surface area contributed by atoms with Crippen LogP contribution in [0.15, 0.2) is 252 Å². The van der Waals surface area contributed by atoms with Crippen molar-refractivity contribution in [3.63, 3.8) is 0 Å². The van der Waals surface area contributed by atoms with Gasteiger partial charge in [0.2, 0.25) is 6.71 Å². The number of rotatable bonds is 18. The van der Waals surface area contributed by atoms with E-state index in [1.54, 1.807) is 0 Å². The van der Waals surface area contributed by atoms with E-state index in [9.17, 15) is 0 Å². The Morgan fingerprint density at radius 2 is 0.723 bits per heavy atom. The fraction of sp³-hybridized carbons (Fsp3) is 0.191. The zero-order chi connectivity index (χ0) is 69.4. The molecular formula is C89H79B2I4N5S. The van der Waals surface area contributed by atoms with Gasteiger partial charge in [-0.25, -0.2) is 0 Å². The van der Waals surface area contributed by atoms with Crippen molar-refractivity contribution >= 4 is 234 Å². The summed E-state index contributed by atoms with van der Waals surface area (Å²) in [4.78, 5) is 15.5. The molecule has 0 fully saturated rings. The molecule has 0 spiro atoms. The Balaban J connectivity index is 1.01. The molecule has 0 unspecified atom stereocenters. The van der Waals surface area contributed by atoms with Crippen LogP contribution in [0.3, 0.4) is 0 Å². The molecule has 0 saturated heterocycles. The number of hydrogen-bond acceptors (Lipinski definition) is 6. The summed E-state index contributed by atoms with van der Waals surface area (Å²) >= 11 is 11.8. The van der Waals surface area contributed by atoms with E-state index in [0.29, 0.717) is 0 Å². The van der Waals surface area contributed by atoms with Crippen LogP contribution in [0.4, 0.5) is 85.3 Å². The minimum atomic E-state index is -0.148. The summed E-state index contributed by atoms with van der Waals surface area (Å²) in [5, 5.41) is 0. The predicted molar refractivity (Wildman–Crippen MR) is 470 cm³/mol. The molecule has 4 aliphatic heterocycles. The molecular weight excluding hydrogens is 1700 g/mol. The Kier molecular flexibility index (Phi) is 19.4. The topological polar surface area (TPSA) is 16.2 Å². The average molecular weight is 1780 g/mol. The second kappa shape index (κ2) is 28.6. The highest BCUT2D eigenvalue weighted by Gasteiger charge is 2.48. The van der Waals surface area contributed by atoms with Crippen molar-refractivity contribution in [1.29, 1.82) is 0 Å². The average Bonchev–Trinajstić information content (AvgIpc) is 0.686. The Morgan fingerprint density at radius 3 is 1.21 bits per heavy atom. The van der Waals surface area contributed by atoms with Crippen LogP contribution < -0.4 is 57.3 Å². The lowest BCUT2D eigenvalue weighted by atomic mass is 9.30. The lowest BCUT2D eigenvalue weighted by Crippen LogP contribution is -2.64. The zero-order valence-electron chi connectivity index (χ0n) is 58.3. The van der Waals surface area contributed by atoms with Crippen LogP contribution in [-0.2, 0) is 24.7 Å². The Labute approximate surface area is 657 Å². The number of benzene rings is 12. The highest BCUT2D eigenvalue weighted by atomic mass is 127. The Hall–Kier alpha value is -6.96. The van der Waals surface area contributed by atoms with Crippen LogP contribution in [-0.4, -0.2) is 13.4 Å². The van der Waals surface area contributed by atoms with Gasteiger partial charge in [0.05, 0.1) is 5.69 Å². The van der Waals surface area contributed by atoms with E-state index in [0.717, 1.165) is 102 Å². The molecule has 0 atom stereocenters. The third kappa shape index (κ3) is 13.1. The van der Waals surface area contributed by atoms with Crippen LogP contribution >= 0.6 is 102 Å². The number of unbranched alkanes of at least 4 members (excludes halogenated alkanes) is 3. The molecule has 5 nitrogen and oxygen atoms in total. The van der Waals surface area contributed by atoms with Gasteiger partial charge in [-0.1, -0.05) is 150 Å². The van der Waals surface area contributed by atoms with Crippen LogP contribution in [0, 0.1) is 21.2 Å². The van der Waals surface area contributed by atoms with Crippen molar-refractivity contribution in [1.82, 2.24) is 0 Å². The number of fused-ring (bicyclic) bond motifs is 8. The van der Waals surface area contributed by atoms with Gasteiger partial charge < -0.3 is 24.5 Å². The smallest absolute Gasteiger partial charge is 0.252 e. The van der Waals surface area contributed by atoms with Crippen LogP contribution in [0.1, 0.15) is 108 Å². The minimum absolute atomic E-state index is 0.0181. The molecule has 0 aromatic heterocycles. The van der Waals surface area contributed by atoms with E-state index in [2.05, 4.69) is 406 Å². The number of halogens is 4. The zero-order valence-corrected chi connectivity index (χ0v) is 67.7. The van der Waals surface area contributed by atoms with Gasteiger partial charge in [-0.15, -0.1) is 0 Å². The van der Waals surface area contributed by atoms with E-state index in [1.807, 2.05) is 11.8 Å². The van der Waals surface area contributed by atoms with Gasteiger partial charge in [0.25, 0.3) is 6.71 Å². The maximum Gasteiger partial charge on any atom is 0.252 e. The van der Waals surface area contributed by atoms with E-state index in [-0.39, 0.29) is 18.8 Å². The van der Waals surface area contributed by atoms with Gasteiger partial charge >= 0.3 is 0 Å². The van der Waals surface area contributed by atoms with Crippen molar-refractivity contribution in [2.75, 3.05) is 24.5 Å². The maximum absolute atomic E-state index is 2.70. The van der Waals surface area contributed by atoms with Crippen molar-refractivity contribution < 1.29 is 0 Å². The van der Waals surface area contributed by atoms with Crippen molar-refractivity contribution in [2.45, 2.75) is 121 Å². The van der Waals surface area contributed by atoms with Crippen LogP contribution in [0.5, 0.6) is 0 Å². The van der Waals surface area contributed by atoms with Crippen molar-refractivity contribution in [3.8, 4) is 0 Å². The van der Waals surface area contributed by atoms with E-state index < -0.39 is 0 Å². The molecule has 16 rings (SSSR count). The molecule has 12 heteroatoms. The highest BCUT2D eigenvalue weighted by molar-refractivity contribution is 14.1. The second-order valence-corrected chi connectivity index (χ2v) is 34.7. The van der Waals surface area contributed by atoms with Gasteiger partial charge in [0.1, 0.15) is 0 Å². The third-order valence-electron chi connectivity index (χ3n) is 20.8. The largest absolute Gasteiger partial charge is 0.311 e. The normalized spacial score (nSPS) is 13.1. The number of aryl methyl sites for hydroxylation is 4. The molecule has 0 bridgehead atoms. The summed E-state index contributed by atoms with van der Waals surface area (Å²) in [6.07, 6.45) is 10.0. The molecule has 0 aliphatic carbocycles. The summed E-state index contributed by atoms with van der Waals surface area (Å²) in [6, 6.07) is 95.2. The number of anilines is 15. The fourth-order valence-electron chi connectivity index (χ4n) is 15.8. The van der Waals surface area contributed by atoms with Gasteiger partial charge in [-0.3, -0.25) is 0 Å². The molecule has 0 amide bonds. The monoisotopic (exact) mass is 1780 g/mol. The summed E-state index contributed by atoms with van der Waals surface area (Å²) < 4.78 is 4.79. The maximum atomic E-state index is 2.70. The molecule has 500 valence electrons. The molecule has 0 saturated carbocycles. The number of nitrogens with zero attached hydrogens (tertiary/aromatic N) is 5. The lowest BCUT2D eigenvalue weighted by Gasteiger charge is -2.47. The number of hydrogen-bond donors (Lipinski definition) is 0. The summed E-state index contributed by atoms with van der Waals surface area (Å²) in [6.45, 7) is 15.9. The summed E-state index contributed by atoms with van der Waals surface area (Å²) in [5.74, 6) is 0. The van der Waals surface area contributed by atoms with E-state index in [1.165, 1.54) is 126 Å². The van der Waals surface area contributed by atoms with Gasteiger partial charge in [-0.05, 0) is 367 Å². The summed E-state index contributed by atoms with van der Waals surface area (Å²) in [5.41, 5.74) is 31.8. The van der Waals surface area contributed by atoms with Gasteiger partial charge in [0, 0.05) is 104 Å². The lowest BCUT2D eigenvalue weighted by molar-refractivity contribution is 0.590. The first-order chi connectivity index (χ1) is 49.1. The van der Waals surface area contributed by atoms with Gasteiger partial charge in [-0.2, -0.15) is 0 Å². The highest BCUT2D eigenvalue weighted by Crippen LogP contribution is 2.52. The van der Waals surface area contributed by atoms with Crippen LogP contribution in [0.25, 0.3) is 0 Å². The van der Waals surface area contributed by atoms with Crippen LogP contribution in [0.2, 0.25) is 0 Å². The molecule has 4 heterocycles. The molecule has 0 N–H and O–H groups in total. The summed E-state index contributed by atoms with van der Waals surface area (Å²) in [7, 11) is 0.